The number of aliphatic hydroxyl groups excluding tert-OH is 1. The summed E-state index contributed by atoms with van der Waals surface area (Å²) in [6, 6.07) is 11.7. The van der Waals surface area contributed by atoms with E-state index in [0.29, 0.717) is 17.9 Å². The van der Waals surface area contributed by atoms with Gasteiger partial charge in [-0.05, 0) is 44.2 Å². The van der Waals surface area contributed by atoms with Gasteiger partial charge in [-0.2, -0.15) is 4.31 Å². The van der Waals surface area contributed by atoms with E-state index in [2.05, 4.69) is 0 Å². The van der Waals surface area contributed by atoms with Gasteiger partial charge in [0, 0.05) is 39.3 Å². The van der Waals surface area contributed by atoms with Crippen LogP contribution in [0.1, 0.15) is 29.8 Å². The number of ether oxygens (including phenoxy) is 1. The molecular weight excluding hydrogens is 454 g/mol. The minimum atomic E-state index is -3.71. The van der Waals surface area contributed by atoms with Gasteiger partial charge < -0.3 is 19.6 Å². The van der Waals surface area contributed by atoms with Gasteiger partial charge in [0.1, 0.15) is 11.9 Å². The number of benzene rings is 2. The lowest BCUT2D eigenvalue weighted by Crippen LogP contribution is -2.50. The molecule has 0 fully saturated rings. The maximum atomic E-state index is 13.4. The molecule has 0 bridgehead atoms. The van der Waals surface area contributed by atoms with Crippen molar-refractivity contribution in [2.24, 2.45) is 5.92 Å². The van der Waals surface area contributed by atoms with Crippen LogP contribution in [0.25, 0.3) is 0 Å². The normalized spacial score (nSPS) is 19.8. The summed E-state index contributed by atoms with van der Waals surface area (Å²) in [5.41, 5.74) is 2.22. The molecule has 1 heterocycles. The van der Waals surface area contributed by atoms with Gasteiger partial charge >= 0.3 is 0 Å². The number of nitrogens with zero attached hydrogens (tertiary/aromatic N) is 3. The molecule has 9 heteroatoms. The number of aliphatic hydroxyl groups is 1. The maximum absolute atomic E-state index is 13.4. The second-order valence-corrected chi connectivity index (χ2v) is 11.3. The van der Waals surface area contributed by atoms with Crippen LogP contribution in [0.3, 0.4) is 0 Å². The van der Waals surface area contributed by atoms with Crippen molar-refractivity contribution in [1.82, 2.24) is 9.21 Å². The zero-order valence-corrected chi connectivity index (χ0v) is 21.5. The topological polar surface area (TPSA) is 90.4 Å². The molecule has 0 aliphatic carbocycles. The summed E-state index contributed by atoms with van der Waals surface area (Å²) >= 11 is 0. The Morgan fingerprint density at radius 1 is 1.15 bits per heavy atom. The predicted molar refractivity (Wildman–Crippen MR) is 133 cm³/mol. The lowest BCUT2D eigenvalue weighted by Gasteiger charge is -2.38. The van der Waals surface area contributed by atoms with Gasteiger partial charge in [-0.3, -0.25) is 4.79 Å². The summed E-state index contributed by atoms with van der Waals surface area (Å²) in [5.74, 6) is 0.00454. The van der Waals surface area contributed by atoms with Gasteiger partial charge in [0.2, 0.25) is 10.0 Å². The number of fused-ring (bicyclic) bond motifs is 1. The zero-order valence-electron chi connectivity index (χ0n) is 20.7. The van der Waals surface area contributed by atoms with Gasteiger partial charge in [0.15, 0.2) is 0 Å². The molecule has 0 unspecified atom stereocenters. The quantitative estimate of drug-likeness (QED) is 0.643. The van der Waals surface area contributed by atoms with E-state index in [4.69, 9.17) is 4.74 Å². The van der Waals surface area contributed by atoms with E-state index >= 15 is 0 Å². The molecule has 0 aromatic heterocycles. The minimum absolute atomic E-state index is 0.113. The molecule has 2 aromatic carbocycles. The highest BCUT2D eigenvalue weighted by molar-refractivity contribution is 7.89. The summed E-state index contributed by atoms with van der Waals surface area (Å²) in [6.07, 6.45) is -0.504. The van der Waals surface area contributed by atoms with Crippen molar-refractivity contribution in [3.8, 4) is 5.75 Å². The number of hydrogen-bond donors (Lipinski definition) is 1. The Balaban J connectivity index is 1.97. The first-order valence-electron chi connectivity index (χ1n) is 11.4. The van der Waals surface area contributed by atoms with Gasteiger partial charge in [-0.15, -0.1) is 0 Å². The highest BCUT2D eigenvalue weighted by atomic mass is 32.2. The highest BCUT2D eigenvalue weighted by Crippen LogP contribution is 2.31. The van der Waals surface area contributed by atoms with Crippen molar-refractivity contribution in [2.75, 3.05) is 45.7 Å². The Morgan fingerprint density at radius 3 is 2.38 bits per heavy atom. The van der Waals surface area contributed by atoms with E-state index in [-0.39, 0.29) is 29.9 Å². The van der Waals surface area contributed by atoms with Crippen LogP contribution in [0.5, 0.6) is 5.75 Å². The first-order chi connectivity index (χ1) is 15.9. The fourth-order valence-corrected chi connectivity index (χ4v) is 5.13. The Morgan fingerprint density at radius 2 is 1.79 bits per heavy atom. The molecular formula is C25H35N3O5S. The summed E-state index contributed by atoms with van der Waals surface area (Å²) < 4.78 is 34.0. The van der Waals surface area contributed by atoms with E-state index in [1.54, 1.807) is 55.3 Å². The van der Waals surface area contributed by atoms with E-state index in [1.807, 2.05) is 38.9 Å². The van der Waals surface area contributed by atoms with Gasteiger partial charge in [-0.1, -0.05) is 24.6 Å². The van der Waals surface area contributed by atoms with E-state index in [9.17, 15) is 18.3 Å². The number of carbonyl (C=O) groups is 1. The molecule has 0 saturated carbocycles. The third kappa shape index (κ3) is 5.37. The number of anilines is 1. The van der Waals surface area contributed by atoms with Crippen LogP contribution in [-0.2, 0) is 10.0 Å². The van der Waals surface area contributed by atoms with Gasteiger partial charge in [0.25, 0.3) is 5.91 Å². The lowest BCUT2D eigenvalue weighted by molar-refractivity contribution is 0.0387. The van der Waals surface area contributed by atoms with Crippen LogP contribution in [0.4, 0.5) is 5.69 Å². The molecule has 8 nitrogen and oxygen atoms in total. The molecule has 1 aliphatic heterocycles. The third-order valence-corrected chi connectivity index (χ3v) is 8.17. The molecule has 1 N–H and O–H groups in total. The average molecular weight is 490 g/mol. The van der Waals surface area contributed by atoms with Crippen molar-refractivity contribution in [3.05, 3.63) is 53.6 Å². The van der Waals surface area contributed by atoms with E-state index < -0.39 is 22.2 Å². The molecule has 1 aliphatic rings. The van der Waals surface area contributed by atoms with Crippen LogP contribution in [-0.4, -0.2) is 81.6 Å². The molecule has 34 heavy (non-hydrogen) atoms. The van der Waals surface area contributed by atoms with E-state index in [1.165, 1.54) is 4.31 Å². The summed E-state index contributed by atoms with van der Waals surface area (Å²) in [5, 5.41) is 9.79. The minimum Gasteiger partial charge on any atom is -0.488 e. The number of rotatable bonds is 7. The number of aryl methyl sites for hydroxylation is 1. The van der Waals surface area contributed by atoms with Crippen LogP contribution >= 0.6 is 0 Å². The van der Waals surface area contributed by atoms with Gasteiger partial charge in [0.05, 0.1) is 29.7 Å². The Hall–Kier alpha value is -2.62. The first-order valence-corrected chi connectivity index (χ1v) is 12.8. The van der Waals surface area contributed by atoms with Crippen LogP contribution in [0, 0.1) is 12.8 Å². The standard InChI is InChI=1S/C25H35N3O5S/c1-17-7-10-21(11-8-17)34(31,32)27(6)15-24-18(2)14-28(19(3)16-29)25(30)22-13-20(26(4)5)9-12-23(22)33-24/h7-13,18-19,24,29H,14-16H2,1-6H3/t18-,19-,24-/m1/s1. The van der Waals surface area contributed by atoms with E-state index in [0.717, 1.165) is 11.3 Å². The van der Waals surface area contributed by atoms with Crippen molar-refractivity contribution in [2.45, 2.75) is 37.8 Å². The molecule has 1 amide bonds. The van der Waals surface area contributed by atoms with Crippen LogP contribution in [0.2, 0.25) is 0 Å². The Kier molecular flexibility index (Phi) is 7.90. The molecule has 2 aromatic rings. The second-order valence-electron chi connectivity index (χ2n) is 9.30. The molecule has 0 saturated heterocycles. The first kappa shape index (κ1) is 26.0. The summed E-state index contributed by atoms with van der Waals surface area (Å²) in [7, 11) is 1.60. The monoisotopic (exact) mass is 489 g/mol. The van der Waals surface area contributed by atoms with Crippen molar-refractivity contribution >= 4 is 21.6 Å². The highest BCUT2D eigenvalue weighted by Gasteiger charge is 2.35. The third-order valence-electron chi connectivity index (χ3n) is 6.33. The fourth-order valence-electron chi connectivity index (χ4n) is 3.95. The molecule has 186 valence electrons. The maximum Gasteiger partial charge on any atom is 0.258 e. The summed E-state index contributed by atoms with van der Waals surface area (Å²) in [6.45, 7) is 5.90. The molecule has 0 radical (unpaired) electrons. The Labute approximate surface area is 202 Å². The number of sulfonamides is 1. The number of likely N-dealkylation sites (N-methyl/N-ethyl adjacent to an activating group) is 1. The molecule has 0 spiro atoms. The van der Waals surface area contributed by atoms with Crippen molar-refractivity contribution < 1.29 is 23.1 Å². The Bertz CT molecular complexity index is 1120. The zero-order chi connectivity index (χ0) is 25.2. The number of amides is 1. The van der Waals surface area contributed by atoms with Crippen molar-refractivity contribution in [3.63, 3.8) is 0 Å². The van der Waals surface area contributed by atoms with Gasteiger partial charge in [-0.25, -0.2) is 8.42 Å². The largest absolute Gasteiger partial charge is 0.488 e. The number of carbonyl (C=O) groups excluding carboxylic acids is 1. The van der Waals surface area contributed by atoms with Crippen LogP contribution < -0.4 is 9.64 Å². The lowest BCUT2D eigenvalue weighted by atomic mass is 9.99. The fraction of sp³-hybridized carbons (Fsp3) is 0.480. The van der Waals surface area contributed by atoms with Crippen LogP contribution in [0.15, 0.2) is 47.4 Å². The van der Waals surface area contributed by atoms with Crippen molar-refractivity contribution in [1.29, 1.82) is 0 Å². The number of hydrogen-bond acceptors (Lipinski definition) is 6. The molecule has 3 rings (SSSR count). The smallest absolute Gasteiger partial charge is 0.258 e. The predicted octanol–water partition coefficient (Wildman–Crippen LogP) is 2.60. The average Bonchev–Trinajstić information content (AvgIpc) is 2.80. The SMILES string of the molecule is Cc1ccc(S(=O)(=O)N(C)C[C@H]2Oc3ccc(N(C)C)cc3C(=O)N([C@H](C)CO)C[C@H]2C)cc1. The summed E-state index contributed by atoms with van der Waals surface area (Å²) in [4.78, 5) is 17.2. The molecule has 3 atom stereocenters. The second kappa shape index (κ2) is 10.3.